The zero-order valence-corrected chi connectivity index (χ0v) is 11.8. The van der Waals surface area contributed by atoms with Crippen molar-refractivity contribution in [3.63, 3.8) is 0 Å². The van der Waals surface area contributed by atoms with Crippen molar-refractivity contribution in [2.45, 2.75) is 46.1 Å². The van der Waals surface area contributed by atoms with Crippen LogP contribution in [0.15, 0.2) is 0 Å². The normalized spacial score (nSPS) is 11.9. The van der Waals surface area contributed by atoms with Gasteiger partial charge in [-0.2, -0.15) is 0 Å². The fraction of sp³-hybridized carbons (Fsp3) is 0.923. The molecule has 0 rings (SSSR count). The van der Waals surface area contributed by atoms with Gasteiger partial charge in [0, 0.05) is 26.1 Å². The molecule has 0 aromatic rings. The van der Waals surface area contributed by atoms with Gasteiger partial charge in [0.25, 0.3) is 0 Å². The lowest BCUT2D eigenvalue weighted by Crippen LogP contribution is -2.35. The minimum absolute atomic E-state index is 0.0300. The lowest BCUT2D eigenvalue weighted by Gasteiger charge is -2.27. The number of rotatable bonds is 8. The number of aliphatic hydroxyl groups is 1. The van der Waals surface area contributed by atoms with Gasteiger partial charge in [0.05, 0.1) is 12.2 Å². The van der Waals surface area contributed by atoms with Gasteiger partial charge < -0.3 is 14.7 Å². The third-order valence-corrected chi connectivity index (χ3v) is 2.73. The van der Waals surface area contributed by atoms with E-state index >= 15 is 0 Å². The standard InChI is InChI=1S/C13H27NO3/c1-11(2)12(16)14(5)8-10-17-13(3,4)7-6-9-15/h11,15H,6-10H2,1-5H3. The molecule has 17 heavy (non-hydrogen) atoms. The first-order chi connectivity index (χ1) is 7.80. The monoisotopic (exact) mass is 245 g/mol. The zero-order chi connectivity index (χ0) is 13.5. The summed E-state index contributed by atoms with van der Waals surface area (Å²) in [6.45, 7) is 9.14. The molecule has 0 unspecified atom stereocenters. The first-order valence-electron chi connectivity index (χ1n) is 6.30. The summed E-state index contributed by atoms with van der Waals surface area (Å²) in [5, 5.41) is 8.77. The Labute approximate surface area is 105 Å². The quantitative estimate of drug-likeness (QED) is 0.707. The lowest BCUT2D eigenvalue weighted by molar-refractivity contribution is -0.134. The van der Waals surface area contributed by atoms with Crippen LogP contribution in [0.25, 0.3) is 0 Å². The van der Waals surface area contributed by atoms with E-state index < -0.39 is 0 Å². The molecule has 1 amide bonds. The molecule has 0 saturated heterocycles. The van der Waals surface area contributed by atoms with Crippen molar-refractivity contribution < 1.29 is 14.6 Å². The van der Waals surface area contributed by atoms with Gasteiger partial charge in [-0.15, -0.1) is 0 Å². The molecule has 0 aliphatic heterocycles. The van der Waals surface area contributed by atoms with Crippen molar-refractivity contribution in [1.82, 2.24) is 4.90 Å². The molecule has 102 valence electrons. The van der Waals surface area contributed by atoms with Gasteiger partial charge in [-0.3, -0.25) is 4.79 Å². The van der Waals surface area contributed by atoms with Gasteiger partial charge in [-0.05, 0) is 26.7 Å². The van der Waals surface area contributed by atoms with Crippen LogP contribution in [-0.2, 0) is 9.53 Å². The van der Waals surface area contributed by atoms with E-state index in [1.54, 1.807) is 11.9 Å². The fourth-order valence-corrected chi connectivity index (χ4v) is 1.59. The Balaban J connectivity index is 3.86. The first kappa shape index (κ1) is 16.4. The summed E-state index contributed by atoms with van der Waals surface area (Å²) >= 11 is 0. The van der Waals surface area contributed by atoms with Crippen molar-refractivity contribution >= 4 is 5.91 Å². The smallest absolute Gasteiger partial charge is 0.224 e. The molecule has 0 aliphatic carbocycles. The maximum Gasteiger partial charge on any atom is 0.224 e. The number of ether oxygens (including phenoxy) is 1. The summed E-state index contributed by atoms with van der Waals surface area (Å²) in [5.41, 5.74) is -0.232. The number of hydrogen-bond acceptors (Lipinski definition) is 3. The summed E-state index contributed by atoms with van der Waals surface area (Å²) in [6, 6.07) is 0. The highest BCUT2D eigenvalue weighted by atomic mass is 16.5. The van der Waals surface area contributed by atoms with Crippen molar-refractivity contribution in [2.75, 3.05) is 26.8 Å². The Bertz CT molecular complexity index is 227. The highest BCUT2D eigenvalue weighted by molar-refractivity contribution is 5.77. The topological polar surface area (TPSA) is 49.8 Å². The molecule has 0 saturated carbocycles. The Morgan fingerprint density at radius 2 is 2.00 bits per heavy atom. The maximum absolute atomic E-state index is 11.6. The van der Waals surface area contributed by atoms with Crippen molar-refractivity contribution in [3.8, 4) is 0 Å². The molecule has 0 bridgehead atoms. The number of nitrogens with zero attached hydrogens (tertiary/aromatic N) is 1. The Kier molecular flexibility index (Phi) is 7.39. The largest absolute Gasteiger partial charge is 0.396 e. The van der Waals surface area contributed by atoms with Crippen LogP contribution in [0.4, 0.5) is 0 Å². The molecular weight excluding hydrogens is 218 g/mol. The predicted molar refractivity (Wildman–Crippen MR) is 68.8 cm³/mol. The third-order valence-electron chi connectivity index (χ3n) is 2.73. The van der Waals surface area contributed by atoms with Crippen molar-refractivity contribution in [2.24, 2.45) is 5.92 Å². The number of likely N-dealkylation sites (N-methyl/N-ethyl adjacent to an activating group) is 1. The maximum atomic E-state index is 11.6. The summed E-state index contributed by atoms with van der Waals surface area (Å²) < 4.78 is 5.73. The number of carbonyl (C=O) groups excluding carboxylic acids is 1. The second-order valence-corrected chi connectivity index (χ2v) is 5.35. The van der Waals surface area contributed by atoms with Crippen LogP contribution >= 0.6 is 0 Å². The molecule has 4 nitrogen and oxygen atoms in total. The molecule has 1 N–H and O–H groups in total. The van der Waals surface area contributed by atoms with E-state index in [4.69, 9.17) is 9.84 Å². The molecule has 0 heterocycles. The van der Waals surface area contributed by atoms with Crippen LogP contribution in [0.2, 0.25) is 0 Å². The molecular formula is C13H27NO3. The van der Waals surface area contributed by atoms with Crippen LogP contribution in [0.1, 0.15) is 40.5 Å². The summed E-state index contributed by atoms with van der Waals surface area (Å²) in [5.74, 6) is 0.171. The van der Waals surface area contributed by atoms with E-state index in [-0.39, 0.29) is 24.0 Å². The molecule has 0 radical (unpaired) electrons. The van der Waals surface area contributed by atoms with Gasteiger partial charge in [-0.25, -0.2) is 0 Å². The number of hydrogen-bond donors (Lipinski definition) is 1. The number of carbonyl (C=O) groups is 1. The van der Waals surface area contributed by atoms with Crippen molar-refractivity contribution in [3.05, 3.63) is 0 Å². The average Bonchev–Trinajstić information content (AvgIpc) is 2.24. The highest BCUT2D eigenvalue weighted by Crippen LogP contribution is 2.16. The van der Waals surface area contributed by atoms with Gasteiger partial charge in [0.1, 0.15) is 0 Å². The highest BCUT2D eigenvalue weighted by Gasteiger charge is 2.19. The first-order valence-corrected chi connectivity index (χ1v) is 6.30. The van der Waals surface area contributed by atoms with Crippen LogP contribution in [0.5, 0.6) is 0 Å². The van der Waals surface area contributed by atoms with Gasteiger partial charge in [0.15, 0.2) is 0 Å². The van der Waals surface area contributed by atoms with E-state index in [0.717, 1.165) is 12.8 Å². The summed E-state index contributed by atoms with van der Waals surface area (Å²) in [4.78, 5) is 13.3. The van der Waals surface area contributed by atoms with Crippen LogP contribution in [-0.4, -0.2) is 48.3 Å². The average molecular weight is 245 g/mol. The molecule has 0 aromatic heterocycles. The Morgan fingerprint density at radius 1 is 1.41 bits per heavy atom. The van der Waals surface area contributed by atoms with Crippen LogP contribution in [0, 0.1) is 5.92 Å². The molecule has 4 heteroatoms. The van der Waals surface area contributed by atoms with Crippen LogP contribution < -0.4 is 0 Å². The van der Waals surface area contributed by atoms with Crippen molar-refractivity contribution in [1.29, 1.82) is 0 Å². The predicted octanol–water partition coefficient (Wildman–Crippen LogP) is 1.67. The Hall–Kier alpha value is -0.610. The summed E-state index contributed by atoms with van der Waals surface area (Å²) in [6.07, 6.45) is 1.57. The SMILES string of the molecule is CC(C)C(=O)N(C)CCOC(C)(C)CCCO. The third kappa shape index (κ3) is 7.34. The van der Waals surface area contributed by atoms with Gasteiger partial charge in [-0.1, -0.05) is 13.8 Å². The minimum atomic E-state index is -0.232. The van der Waals surface area contributed by atoms with Gasteiger partial charge >= 0.3 is 0 Å². The second-order valence-electron chi connectivity index (χ2n) is 5.35. The molecule has 0 aromatic carbocycles. The Morgan fingerprint density at radius 3 is 2.47 bits per heavy atom. The lowest BCUT2D eigenvalue weighted by atomic mass is 10.0. The van der Waals surface area contributed by atoms with E-state index in [2.05, 4.69) is 0 Å². The number of aliphatic hydroxyl groups excluding tert-OH is 1. The van der Waals surface area contributed by atoms with E-state index in [0.29, 0.717) is 13.2 Å². The fourth-order valence-electron chi connectivity index (χ4n) is 1.59. The summed E-state index contributed by atoms with van der Waals surface area (Å²) in [7, 11) is 1.80. The van der Waals surface area contributed by atoms with E-state index in [9.17, 15) is 4.79 Å². The molecule has 0 fully saturated rings. The van der Waals surface area contributed by atoms with E-state index in [1.165, 1.54) is 0 Å². The number of amides is 1. The van der Waals surface area contributed by atoms with E-state index in [1.807, 2.05) is 27.7 Å². The van der Waals surface area contributed by atoms with Crippen LogP contribution in [0.3, 0.4) is 0 Å². The molecule has 0 atom stereocenters. The minimum Gasteiger partial charge on any atom is -0.396 e. The molecule has 0 spiro atoms. The second kappa shape index (κ2) is 7.67. The zero-order valence-electron chi connectivity index (χ0n) is 11.8. The molecule has 0 aliphatic rings. The van der Waals surface area contributed by atoms with Gasteiger partial charge in [0.2, 0.25) is 5.91 Å².